The number of hydrogen-bond donors (Lipinski definition) is 2. The fourth-order valence-corrected chi connectivity index (χ4v) is 1.51. The third-order valence-electron chi connectivity index (χ3n) is 2.41. The summed E-state index contributed by atoms with van der Waals surface area (Å²) in [6.07, 6.45) is -0.560. The minimum Gasteiger partial charge on any atom is -0.389 e. The summed E-state index contributed by atoms with van der Waals surface area (Å²) in [5, 5.41) is 12.6. The summed E-state index contributed by atoms with van der Waals surface area (Å²) in [5.74, 6) is 0.235. The Kier molecular flexibility index (Phi) is 6.86. The van der Waals surface area contributed by atoms with Gasteiger partial charge in [-0.25, -0.2) is 4.39 Å². The standard InChI is InChI=1S/C14H22FNO2/c1-11(2)9-18-10-13(17)8-16-7-12-5-3-4-6-14(12)15/h3-6,11,13,16-17H,7-10H2,1-2H3. The molecule has 3 nitrogen and oxygen atoms in total. The zero-order chi connectivity index (χ0) is 13.4. The average Bonchev–Trinajstić information content (AvgIpc) is 2.31. The van der Waals surface area contributed by atoms with Gasteiger partial charge in [-0.2, -0.15) is 0 Å². The van der Waals surface area contributed by atoms with Crippen LogP contribution in [0.3, 0.4) is 0 Å². The molecule has 0 aliphatic rings. The van der Waals surface area contributed by atoms with Crippen LogP contribution in [0.1, 0.15) is 19.4 Å². The van der Waals surface area contributed by atoms with Gasteiger partial charge >= 0.3 is 0 Å². The Morgan fingerprint density at radius 3 is 2.67 bits per heavy atom. The lowest BCUT2D eigenvalue weighted by Crippen LogP contribution is -2.30. The van der Waals surface area contributed by atoms with Gasteiger partial charge in [-0.15, -0.1) is 0 Å². The van der Waals surface area contributed by atoms with E-state index in [1.165, 1.54) is 6.07 Å². The zero-order valence-electron chi connectivity index (χ0n) is 11.0. The van der Waals surface area contributed by atoms with Gasteiger partial charge in [-0.3, -0.25) is 0 Å². The van der Waals surface area contributed by atoms with E-state index in [0.717, 1.165) is 0 Å². The smallest absolute Gasteiger partial charge is 0.127 e. The molecule has 0 amide bonds. The Bertz CT molecular complexity index is 344. The van der Waals surface area contributed by atoms with Gasteiger partial charge in [-0.1, -0.05) is 32.0 Å². The van der Waals surface area contributed by atoms with E-state index >= 15 is 0 Å². The van der Waals surface area contributed by atoms with E-state index in [1.54, 1.807) is 18.2 Å². The first kappa shape index (κ1) is 15.1. The predicted octanol–water partition coefficient (Wildman–Crippen LogP) is 1.95. The van der Waals surface area contributed by atoms with Crippen LogP contribution in [0, 0.1) is 11.7 Å². The molecule has 0 saturated heterocycles. The summed E-state index contributed by atoms with van der Waals surface area (Å²) in [5.41, 5.74) is 0.604. The molecule has 0 fully saturated rings. The molecule has 1 unspecified atom stereocenters. The summed E-state index contributed by atoms with van der Waals surface area (Å²) in [7, 11) is 0. The van der Waals surface area contributed by atoms with Crippen molar-refractivity contribution in [2.45, 2.75) is 26.5 Å². The lowest BCUT2D eigenvalue weighted by atomic mass is 10.2. The van der Waals surface area contributed by atoms with Crippen LogP contribution >= 0.6 is 0 Å². The highest BCUT2D eigenvalue weighted by molar-refractivity contribution is 5.16. The van der Waals surface area contributed by atoms with Crippen molar-refractivity contribution < 1.29 is 14.2 Å². The van der Waals surface area contributed by atoms with Crippen LogP contribution in [0.25, 0.3) is 0 Å². The van der Waals surface area contributed by atoms with E-state index in [-0.39, 0.29) is 5.82 Å². The molecule has 4 heteroatoms. The molecule has 1 aromatic rings. The molecular formula is C14H22FNO2. The molecule has 18 heavy (non-hydrogen) atoms. The minimum atomic E-state index is -0.560. The largest absolute Gasteiger partial charge is 0.389 e. The van der Waals surface area contributed by atoms with Gasteiger partial charge in [0, 0.05) is 25.3 Å². The molecule has 0 aromatic heterocycles. The van der Waals surface area contributed by atoms with E-state index in [2.05, 4.69) is 19.2 Å². The van der Waals surface area contributed by atoms with Crippen LogP contribution in [0.2, 0.25) is 0 Å². The highest BCUT2D eigenvalue weighted by Gasteiger charge is 2.06. The third kappa shape index (κ3) is 6.10. The van der Waals surface area contributed by atoms with Crippen LogP contribution < -0.4 is 5.32 Å². The Hall–Kier alpha value is -0.970. The lowest BCUT2D eigenvalue weighted by Gasteiger charge is -2.13. The van der Waals surface area contributed by atoms with E-state index in [1.807, 2.05) is 0 Å². The third-order valence-corrected chi connectivity index (χ3v) is 2.41. The lowest BCUT2D eigenvalue weighted by molar-refractivity contribution is 0.0260. The predicted molar refractivity (Wildman–Crippen MR) is 69.8 cm³/mol. The summed E-state index contributed by atoms with van der Waals surface area (Å²) in [6.45, 7) is 5.87. The van der Waals surface area contributed by atoms with Crippen molar-refractivity contribution in [2.75, 3.05) is 19.8 Å². The maximum atomic E-state index is 13.3. The van der Waals surface area contributed by atoms with Crippen LogP contribution in [-0.2, 0) is 11.3 Å². The van der Waals surface area contributed by atoms with Crippen LogP contribution in [0.5, 0.6) is 0 Å². The maximum absolute atomic E-state index is 13.3. The molecule has 1 aromatic carbocycles. The molecule has 0 heterocycles. The summed E-state index contributed by atoms with van der Waals surface area (Å²) in [6, 6.07) is 6.61. The van der Waals surface area contributed by atoms with E-state index in [0.29, 0.717) is 37.8 Å². The molecule has 102 valence electrons. The second-order valence-corrected chi connectivity index (χ2v) is 4.81. The van der Waals surface area contributed by atoms with E-state index < -0.39 is 6.10 Å². The zero-order valence-corrected chi connectivity index (χ0v) is 11.0. The number of halogens is 1. The fourth-order valence-electron chi connectivity index (χ4n) is 1.51. The summed E-state index contributed by atoms with van der Waals surface area (Å²) >= 11 is 0. The number of rotatable bonds is 8. The molecule has 2 N–H and O–H groups in total. The number of hydrogen-bond acceptors (Lipinski definition) is 3. The topological polar surface area (TPSA) is 41.5 Å². The highest BCUT2D eigenvalue weighted by atomic mass is 19.1. The van der Waals surface area contributed by atoms with Crippen molar-refractivity contribution in [1.82, 2.24) is 5.32 Å². The summed E-state index contributed by atoms with van der Waals surface area (Å²) < 4.78 is 18.6. The van der Waals surface area contributed by atoms with Crippen molar-refractivity contribution in [2.24, 2.45) is 5.92 Å². The maximum Gasteiger partial charge on any atom is 0.127 e. The fraction of sp³-hybridized carbons (Fsp3) is 0.571. The van der Waals surface area contributed by atoms with Crippen molar-refractivity contribution in [3.63, 3.8) is 0 Å². The Labute approximate surface area is 108 Å². The van der Waals surface area contributed by atoms with E-state index in [4.69, 9.17) is 4.74 Å². The van der Waals surface area contributed by atoms with Gasteiger partial charge in [0.1, 0.15) is 5.82 Å². The Morgan fingerprint density at radius 1 is 1.28 bits per heavy atom. The highest BCUT2D eigenvalue weighted by Crippen LogP contribution is 2.05. The molecule has 1 rings (SSSR count). The van der Waals surface area contributed by atoms with Gasteiger partial charge < -0.3 is 15.2 Å². The van der Waals surface area contributed by atoms with Crippen molar-refractivity contribution in [3.8, 4) is 0 Å². The first-order valence-electron chi connectivity index (χ1n) is 6.29. The first-order valence-corrected chi connectivity index (χ1v) is 6.29. The molecule has 0 aliphatic carbocycles. The van der Waals surface area contributed by atoms with Gasteiger partial charge in [0.2, 0.25) is 0 Å². The Balaban J connectivity index is 2.15. The van der Waals surface area contributed by atoms with Crippen molar-refractivity contribution in [3.05, 3.63) is 35.6 Å². The summed E-state index contributed by atoms with van der Waals surface area (Å²) in [4.78, 5) is 0. The SMILES string of the molecule is CC(C)COCC(O)CNCc1ccccc1F. The molecule has 0 saturated carbocycles. The number of ether oxygens (including phenoxy) is 1. The first-order chi connectivity index (χ1) is 8.59. The molecule has 0 bridgehead atoms. The van der Waals surface area contributed by atoms with E-state index in [9.17, 15) is 9.50 Å². The van der Waals surface area contributed by atoms with Crippen molar-refractivity contribution >= 4 is 0 Å². The number of benzene rings is 1. The second-order valence-electron chi connectivity index (χ2n) is 4.81. The second kappa shape index (κ2) is 8.19. The van der Waals surface area contributed by atoms with Gasteiger partial charge in [-0.05, 0) is 12.0 Å². The number of aliphatic hydroxyl groups excluding tert-OH is 1. The molecule has 0 aliphatic heterocycles. The van der Waals surface area contributed by atoms with Gasteiger partial charge in [0.15, 0.2) is 0 Å². The normalized spacial score (nSPS) is 12.9. The average molecular weight is 255 g/mol. The molecule has 0 spiro atoms. The van der Waals surface area contributed by atoms with Crippen LogP contribution in [0.15, 0.2) is 24.3 Å². The van der Waals surface area contributed by atoms with Crippen LogP contribution in [-0.4, -0.2) is 31.0 Å². The Morgan fingerprint density at radius 2 is 2.00 bits per heavy atom. The monoisotopic (exact) mass is 255 g/mol. The van der Waals surface area contributed by atoms with Crippen LogP contribution in [0.4, 0.5) is 4.39 Å². The van der Waals surface area contributed by atoms with Crippen molar-refractivity contribution in [1.29, 1.82) is 0 Å². The quantitative estimate of drug-likeness (QED) is 0.746. The van der Waals surface area contributed by atoms with Gasteiger partial charge in [0.05, 0.1) is 12.7 Å². The number of nitrogens with one attached hydrogen (secondary N) is 1. The molecule has 1 atom stereocenters. The van der Waals surface area contributed by atoms with Gasteiger partial charge in [0.25, 0.3) is 0 Å². The minimum absolute atomic E-state index is 0.226. The molecule has 0 radical (unpaired) electrons. The number of aliphatic hydroxyl groups is 1. The molecular weight excluding hydrogens is 233 g/mol.